The molecule has 0 aliphatic rings. The third kappa shape index (κ3) is 2.00. The lowest BCUT2D eigenvalue weighted by atomic mass is 10.2. The Labute approximate surface area is 119 Å². The number of hydrogen-bond acceptors (Lipinski definition) is 4. The third-order valence-electron chi connectivity index (χ3n) is 3.26. The topological polar surface area (TPSA) is 75.6 Å². The molecule has 7 heteroatoms. The van der Waals surface area contributed by atoms with Gasteiger partial charge in [-0.1, -0.05) is 6.92 Å². The monoisotopic (exact) mass is 289 g/mol. The van der Waals surface area contributed by atoms with Crippen molar-refractivity contribution < 1.29 is 4.79 Å². The Kier molecular flexibility index (Phi) is 3.06. The zero-order valence-corrected chi connectivity index (χ0v) is 12.3. The Morgan fingerprint density at radius 3 is 3.05 bits per heavy atom. The second-order valence-corrected chi connectivity index (χ2v) is 5.65. The number of aromatic nitrogens is 4. The van der Waals surface area contributed by atoms with Gasteiger partial charge < -0.3 is 5.32 Å². The summed E-state index contributed by atoms with van der Waals surface area (Å²) >= 11 is 1.44. The van der Waals surface area contributed by atoms with E-state index < -0.39 is 0 Å². The lowest BCUT2D eigenvalue weighted by Crippen LogP contribution is -2.11. The maximum Gasteiger partial charge on any atom is 0.266 e. The number of fused-ring (bicyclic) bond motifs is 1. The maximum absolute atomic E-state index is 12.3. The zero-order chi connectivity index (χ0) is 14.3. The minimum absolute atomic E-state index is 0.121. The molecule has 1 amide bonds. The van der Waals surface area contributed by atoms with Gasteiger partial charge in [0.05, 0.1) is 16.8 Å². The minimum atomic E-state index is -0.121. The summed E-state index contributed by atoms with van der Waals surface area (Å²) in [4.78, 5) is 14.0. The van der Waals surface area contributed by atoms with Crippen molar-refractivity contribution in [2.24, 2.45) is 7.05 Å². The standard InChI is InChI=1S/C13H15N5OS/c1-4-8-6-14-16-11(8)15-12(19)10-5-9-7(2)17-18(3)13(9)20-10/h5-6H,4H2,1-3H3,(H2,14,15,16,19). The first-order chi connectivity index (χ1) is 9.60. The van der Waals surface area contributed by atoms with Crippen LogP contribution in [0.25, 0.3) is 10.2 Å². The van der Waals surface area contributed by atoms with Crippen LogP contribution in [0.15, 0.2) is 12.3 Å². The van der Waals surface area contributed by atoms with Crippen molar-refractivity contribution in [2.75, 3.05) is 5.32 Å². The van der Waals surface area contributed by atoms with Crippen LogP contribution in [0, 0.1) is 6.92 Å². The van der Waals surface area contributed by atoms with Crippen LogP contribution in [0.5, 0.6) is 0 Å². The van der Waals surface area contributed by atoms with E-state index in [1.54, 1.807) is 10.9 Å². The van der Waals surface area contributed by atoms with Gasteiger partial charge in [0, 0.05) is 18.0 Å². The van der Waals surface area contributed by atoms with Crippen LogP contribution < -0.4 is 5.32 Å². The molecule has 0 saturated heterocycles. The second kappa shape index (κ2) is 4.75. The van der Waals surface area contributed by atoms with E-state index in [0.29, 0.717) is 10.7 Å². The lowest BCUT2D eigenvalue weighted by Gasteiger charge is -2.02. The molecule has 2 N–H and O–H groups in total. The molecule has 104 valence electrons. The number of carbonyl (C=O) groups excluding carboxylic acids is 1. The highest BCUT2D eigenvalue weighted by Crippen LogP contribution is 2.28. The van der Waals surface area contributed by atoms with Crippen molar-refractivity contribution in [3.63, 3.8) is 0 Å². The van der Waals surface area contributed by atoms with Gasteiger partial charge >= 0.3 is 0 Å². The molecule has 0 unspecified atom stereocenters. The molecule has 0 aliphatic carbocycles. The van der Waals surface area contributed by atoms with Crippen molar-refractivity contribution >= 4 is 33.3 Å². The third-order valence-corrected chi connectivity index (χ3v) is 4.46. The van der Waals surface area contributed by atoms with Gasteiger partial charge in [0.15, 0.2) is 0 Å². The molecule has 0 radical (unpaired) electrons. The fraction of sp³-hybridized carbons (Fsp3) is 0.308. The molecule has 0 atom stereocenters. The van der Waals surface area contributed by atoms with Crippen LogP contribution in [0.3, 0.4) is 0 Å². The van der Waals surface area contributed by atoms with Gasteiger partial charge in [0.1, 0.15) is 10.6 Å². The van der Waals surface area contributed by atoms with E-state index in [1.807, 2.05) is 27.0 Å². The van der Waals surface area contributed by atoms with Gasteiger partial charge in [-0.3, -0.25) is 14.6 Å². The van der Waals surface area contributed by atoms with Crippen LogP contribution >= 0.6 is 11.3 Å². The lowest BCUT2D eigenvalue weighted by molar-refractivity contribution is 0.103. The Morgan fingerprint density at radius 1 is 1.55 bits per heavy atom. The Balaban J connectivity index is 1.91. The largest absolute Gasteiger partial charge is 0.306 e. The number of thiophene rings is 1. The number of anilines is 1. The summed E-state index contributed by atoms with van der Waals surface area (Å²) in [6.07, 6.45) is 2.55. The quantitative estimate of drug-likeness (QED) is 0.777. The highest BCUT2D eigenvalue weighted by molar-refractivity contribution is 7.20. The van der Waals surface area contributed by atoms with E-state index in [2.05, 4.69) is 20.6 Å². The smallest absolute Gasteiger partial charge is 0.266 e. The first kappa shape index (κ1) is 12.9. The molecule has 0 fully saturated rings. The molecule has 3 aromatic rings. The van der Waals surface area contributed by atoms with Crippen molar-refractivity contribution in [1.82, 2.24) is 20.0 Å². The van der Waals surface area contributed by atoms with Gasteiger partial charge in [-0.2, -0.15) is 10.2 Å². The predicted octanol–water partition coefficient (Wildman–Crippen LogP) is 2.48. The minimum Gasteiger partial charge on any atom is -0.306 e. The van der Waals surface area contributed by atoms with Gasteiger partial charge in [-0.25, -0.2) is 0 Å². The maximum atomic E-state index is 12.3. The Morgan fingerprint density at radius 2 is 2.35 bits per heavy atom. The summed E-state index contributed by atoms with van der Waals surface area (Å²) in [7, 11) is 1.89. The number of carbonyl (C=O) groups is 1. The van der Waals surface area contributed by atoms with E-state index in [4.69, 9.17) is 0 Å². The highest BCUT2D eigenvalue weighted by Gasteiger charge is 2.16. The molecule has 0 bridgehead atoms. The number of aryl methyl sites for hydroxylation is 3. The van der Waals surface area contributed by atoms with Gasteiger partial charge in [-0.15, -0.1) is 11.3 Å². The van der Waals surface area contributed by atoms with Crippen LogP contribution in [-0.4, -0.2) is 25.9 Å². The van der Waals surface area contributed by atoms with Gasteiger partial charge in [0.25, 0.3) is 5.91 Å². The van der Waals surface area contributed by atoms with E-state index in [0.717, 1.165) is 27.9 Å². The molecule has 6 nitrogen and oxygen atoms in total. The van der Waals surface area contributed by atoms with E-state index in [-0.39, 0.29) is 5.91 Å². The molecule has 0 saturated carbocycles. The fourth-order valence-corrected chi connectivity index (χ4v) is 3.20. The number of hydrogen-bond donors (Lipinski definition) is 2. The first-order valence-electron chi connectivity index (χ1n) is 6.37. The highest BCUT2D eigenvalue weighted by atomic mass is 32.1. The molecule has 3 heterocycles. The van der Waals surface area contributed by atoms with Crippen LogP contribution in [-0.2, 0) is 13.5 Å². The second-order valence-electron chi connectivity index (χ2n) is 4.62. The van der Waals surface area contributed by atoms with E-state index >= 15 is 0 Å². The summed E-state index contributed by atoms with van der Waals surface area (Å²) in [6.45, 7) is 3.97. The zero-order valence-electron chi connectivity index (χ0n) is 11.5. The fourth-order valence-electron chi connectivity index (χ4n) is 2.18. The van der Waals surface area contributed by atoms with Crippen molar-refractivity contribution in [3.8, 4) is 0 Å². The number of rotatable bonds is 3. The molecule has 20 heavy (non-hydrogen) atoms. The Hall–Kier alpha value is -2.15. The molecule has 3 rings (SSSR count). The first-order valence-corrected chi connectivity index (χ1v) is 7.18. The summed E-state index contributed by atoms with van der Waals surface area (Å²) < 4.78 is 1.81. The van der Waals surface area contributed by atoms with Crippen LogP contribution in [0.2, 0.25) is 0 Å². The molecule has 0 spiro atoms. The normalized spacial score (nSPS) is 11.2. The van der Waals surface area contributed by atoms with Gasteiger partial charge in [0.2, 0.25) is 0 Å². The number of nitrogens with zero attached hydrogens (tertiary/aromatic N) is 3. The molecular weight excluding hydrogens is 274 g/mol. The van der Waals surface area contributed by atoms with E-state index in [9.17, 15) is 4.79 Å². The predicted molar refractivity (Wildman–Crippen MR) is 79.2 cm³/mol. The molecule has 0 aliphatic heterocycles. The van der Waals surface area contributed by atoms with Crippen molar-refractivity contribution in [2.45, 2.75) is 20.3 Å². The number of aromatic amines is 1. The molecule has 3 aromatic heterocycles. The van der Waals surface area contributed by atoms with Crippen molar-refractivity contribution in [1.29, 1.82) is 0 Å². The van der Waals surface area contributed by atoms with E-state index in [1.165, 1.54) is 11.3 Å². The average Bonchev–Trinajstić information content (AvgIpc) is 3.08. The number of amides is 1. The van der Waals surface area contributed by atoms with Crippen LogP contribution in [0.4, 0.5) is 5.82 Å². The average molecular weight is 289 g/mol. The molecular formula is C13H15N5OS. The summed E-state index contributed by atoms with van der Waals surface area (Å²) in [5.74, 6) is 0.550. The van der Waals surface area contributed by atoms with Crippen LogP contribution in [0.1, 0.15) is 27.9 Å². The molecule has 0 aromatic carbocycles. The number of nitrogens with one attached hydrogen (secondary N) is 2. The SMILES string of the molecule is CCc1cn[nH]c1NC(=O)c1cc2c(C)nn(C)c2s1. The number of H-pyrrole nitrogens is 1. The van der Waals surface area contributed by atoms with Crippen molar-refractivity contribution in [3.05, 3.63) is 28.4 Å². The summed E-state index contributed by atoms with van der Waals surface area (Å²) in [5.41, 5.74) is 1.94. The summed E-state index contributed by atoms with van der Waals surface area (Å²) in [5, 5.41) is 15.0. The van der Waals surface area contributed by atoms with Gasteiger partial charge in [-0.05, 0) is 19.4 Å². The Bertz CT molecular complexity index is 747. The summed E-state index contributed by atoms with van der Waals surface area (Å²) in [6, 6.07) is 1.89.